The predicted octanol–water partition coefficient (Wildman–Crippen LogP) is 2.81. The number of carbonyl (C=O) groups excluding carboxylic acids is 1. The van der Waals surface area contributed by atoms with Crippen molar-refractivity contribution in [1.82, 2.24) is 9.97 Å². The lowest BCUT2D eigenvalue weighted by atomic mass is 10.1. The molecule has 3 rings (SSSR count). The van der Waals surface area contributed by atoms with E-state index in [1.54, 1.807) is 19.3 Å². The molecule has 1 amide bonds. The van der Waals surface area contributed by atoms with Gasteiger partial charge >= 0.3 is 0 Å². The Morgan fingerprint density at radius 1 is 1.58 bits per heavy atom. The molecule has 1 aliphatic heterocycles. The minimum atomic E-state index is -0.561. The number of hydrogen-bond donors (Lipinski definition) is 3. The highest BCUT2D eigenvalue weighted by Crippen LogP contribution is 2.38. The maximum absolute atomic E-state index is 12.2. The van der Waals surface area contributed by atoms with Crippen LogP contribution in [0.3, 0.4) is 0 Å². The summed E-state index contributed by atoms with van der Waals surface area (Å²) in [6.07, 6.45) is 4.45. The molecular weight excluding hydrogens is 330 g/mol. The molecule has 0 aliphatic carbocycles. The molecule has 7 nitrogen and oxygen atoms in total. The molecule has 1 aliphatic rings. The van der Waals surface area contributed by atoms with Crippen molar-refractivity contribution >= 4 is 45.6 Å². The first kappa shape index (κ1) is 16.7. The van der Waals surface area contributed by atoms with E-state index in [0.29, 0.717) is 28.6 Å². The van der Waals surface area contributed by atoms with Gasteiger partial charge in [0.15, 0.2) is 0 Å². The molecule has 3 N–H and O–H groups in total. The first-order valence-corrected chi connectivity index (χ1v) is 8.19. The molecule has 0 aromatic carbocycles. The van der Waals surface area contributed by atoms with Crippen LogP contribution in [0.1, 0.15) is 19.8 Å². The Hall–Kier alpha value is -2.12. The number of aromatic amines is 1. The molecule has 0 unspecified atom stereocenters. The summed E-state index contributed by atoms with van der Waals surface area (Å²) in [6, 6.07) is 0. The number of carbonyl (C=O) groups is 1. The predicted molar refractivity (Wildman–Crippen MR) is 95.4 cm³/mol. The second kappa shape index (κ2) is 6.78. The molecule has 0 saturated carbocycles. The van der Waals surface area contributed by atoms with E-state index in [2.05, 4.69) is 20.2 Å². The number of nitrogens with one attached hydrogen (secondary N) is 3. The van der Waals surface area contributed by atoms with Gasteiger partial charge in [-0.05, 0) is 19.8 Å². The number of amides is 1. The van der Waals surface area contributed by atoms with Crippen LogP contribution in [-0.2, 0) is 9.53 Å². The second-order valence-corrected chi connectivity index (χ2v) is 6.28. The van der Waals surface area contributed by atoms with Gasteiger partial charge in [0.25, 0.3) is 5.91 Å². The summed E-state index contributed by atoms with van der Waals surface area (Å²) in [6.45, 7) is 3.03. The van der Waals surface area contributed by atoms with Gasteiger partial charge in [-0.1, -0.05) is 11.6 Å². The molecule has 2 aromatic heterocycles. The SMILES string of the molecule is CO[C@H](C)C(=O)Nc1c[nH]c2ncc(Cl)c(N3CCCC(=N)C3)c12. The fraction of sp³-hybridized carbons (Fsp3) is 0.438. The largest absolute Gasteiger partial charge is 0.372 e. The fourth-order valence-electron chi connectivity index (χ4n) is 2.87. The number of anilines is 2. The lowest BCUT2D eigenvalue weighted by Gasteiger charge is -2.30. The average molecular weight is 350 g/mol. The molecule has 3 heterocycles. The first-order valence-electron chi connectivity index (χ1n) is 7.81. The highest BCUT2D eigenvalue weighted by atomic mass is 35.5. The standard InChI is InChI=1S/C16H20ClN5O2/c1-9(24-2)16(23)21-12-7-20-15-13(12)14(11(17)6-19-15)22-5-3-4-10(18)8-22/h6-7,9,18H,3-5,8H2,1-2H3,(H,19,20)(H,21,23)/t9-/m1/s1. The van der Waals surface area contributed by atoms with Crippen molar-refractivity contribution in [2.24, 2.45) is 0 Å². The Labute approximate surface area is 144 Å². The highest BCUT2D eigenvalue weighted by Gasteiger charge is 2.23. The maximum Gasteiger partial charge on any atom is 0.253 e. The van der Waals surface area contributed by atoms with E-state index in [4.69, 9.17) is 21.7 Å². The molecule has 1 atom stereocenters. The maximum atomic E-state index is 12.2. The Bertz CT molecular complexity index is 788. The average Bonchev–Trinajstić information content (AvgIpc) is 2.96. The molecule has 1 fully saturated rings. The van der Waals surface area contributed by atoms with E-state index >= 15 is 0 Å². The van der Waals surface area contributed by atoms with Crippen molar-refractivity contribution in [3.05, 3.63) is 17.4 Å². The number of aromatic nitrogens is 2. The topological polar surface area (TPSA) is 94.1 Å². The van der Waals surface area contributed by atoms with Crippen LogP contribution in [0.25, 0.3) is 11.0 Å². The van der Waals surface area contributed by atoms with Gasteiger partial charge in [-0.2, -0.15) is 0 Å². The minimum Gasteiger partial charge on any atom is -0.372 e. The van der Waals surface area contributed by atoms with Crippen molar-refractivity contribution in [2.75, 3.05) is 30.4 Å². The molecule has 128 valence electrons. The number of fused-ring (bicyclic) bond motifs is 1. The number of halogens is 1. The molecule has 0 spiro atoms. The summed E-state index contributed by atoms with van der Waals surface area (Å²) in [5.41, 5.74) is 2.73. The lowest BCUT2D eigenvalue weighted by Crippen LogP contribution is -2.35. The zero-order valence-corrected chi connectivity index (χ0v) is 14.4. The van der Waals surface area contributed by atoms with Gasteiger partial charge < -0.3 is 25.3 Å². The van der Waals surface area contributed by atoms with Crippen LogP contribution in [-0.4, -0.2) is 47.9 Å². The zero-order chi connectivity index (χ0) is 17.3. The third kappa shape index (κ3) is 3.09. The third-order valence-corrected chi connectivity index (χ3v) is 4.49. The van der Waals surface area contributed by atoms with E-state index in [-0.39, 0.29) is 5.91 Å². The summed E-state index contributed by atoms with van der Waals surface area (Å²) in [7, 11) is 1.49. The van der Waals surface area contributed by atoms with Crippen molar-refractivity contribution in [3.8, 4) is 0 Å². The number of pyridine rings is 1. The van der Waals surface area contributed by atoms with E-state index in [9.17, 15) is 4.79 Å². The first-order chi connectivity index (χ1) is 11.5. The van der Waals surface area contributed by atoms with Crippen LogP contribution in [0, 0.1) is 5.41 Å². The molecular formula is C16H20ClN5O2. The number of piperidine rings is 1. The number of hydrogen-bond acceptors (Lipinski definition) is 5. The number of methoxy groups -OCH3 is 1. The van der Waals surface area contributed by atoms with Crippen molar-refractivity contribution < 1.29 is 9.53 Å². The van der Waals surface area contributed by atoms with Crippen LogP contribution in [0.5, 0.6) is 0 Å². The van der Waals surface area contributed by atoms with E-state index < -0.39 is 6.10 Å². The summed E-state index contributed by atoms with van der Waals surface area (Å²) < 4.78 is 5.05. The number of H-pyrrole nitrogens is 1. The van der Waals surface area contributed by atoms with Crippen molar-refractivity contribution in [1.29, 1.82) is 5.41 Å². The molecule has 8 heteroatoms. The second-order valence-electron chi connectivity index (χ2n) is 5.88. The number of ether oxygens (including phenoxy) is 1. The van der Waals surface area contributed by atoms with Gasteiger partial charge in [-0.15, -0.1) is 0 Å². The van der Waals surface area contributed by atoms with Crippen molar-refractivity contribution in [3.63, 3.8) is 0 Å². The molecule has 0 radical (unpaired) electrons. The highest BCUT2D eigenvalue weighted by molar-refractivity contribution is 6.35. The van der Waals surface area contributed by atoms with Gasteiger partial charge in [-0.25, -0.2) is 4.98 Å². The monoisotopic (exact) mass is 349 g/mol. The molecule has 24 heavy (non-hydrogen) atoms. The van der Waals surface area contributed by atoms with E-state index in [0.717, 1.165) is 30.5 Å². The van der Waals surface area contributed by atoms with Gasteiger partial charge in [0.2, 0.25) is 0 Å². The Morgan fingerprint density at radius 3 is 3.08 bits per heavy atom. The normalized spacial score (nSPS) is 16.5. The lowest BCUT2D eigenvalue weighted by molar-refractivity contribution is -0.124. The summed E-state index contributed by atoms with van der Waals surface area (Å²) >= 11 is 6.41. The molecule has 1 saturated heterocycles. The number of rotatable bonds is 4. The molecule has 0 bridgehead atoms. The van der Waals surface area contributed by atoms with Gasteiger partial charge in [-0.3, -0.25) is 4.79 Å². The summed E-state index contributed by atoms with van der Waals surface area (Å²) in [4.78, 5) is 21.6. The smallest absolute Gasteiger partial charge is 0.253 e. The van der Waals surface area contributed by atoms with Crippen LogP contribution in [0.15, 0.2) is 12.4 Å². The summed E-state index contributed by atoms with van der Waals surface area (Å²) in [5, 5.41) is 12.1. The van der Waals surface area contributed by atoms with Gasteiger partial charge in [0, 0.05) is 25.6 Å². The third-order valence-electron chi connectivity index (χ3n) is 4.21. The van der Waals surface area contributed by atoms with Crippen molar-refractivity contribution in [2.45, 2.75) is 25.9 Å². The van der Waals surface area contributed by atoms with E-state index in [1.165, 1.54) is 7.11 Å². The minimum absolute atomic E-state index is 0.240. The van der Waals surface area contributed by atoms with Crippen LogP contribution in [0.2, 0.25) is 5.02 Å². The van der Waals surface area contributed by atoms with Crippen LogP contribution in [0.4, 0.5) is 11.4 Å². The Morgan fingerprint density at radius 2 is 2.38 bits per heavy atom. The zero-order valence-electron chi connectivity index (χ0n) is 13.6. The van der Waals surface area contributed by atoms with Gasteiger partial charge in [0.05, 0.1) is 34.5 Å². The fourth-order valence-corrected chi connectivity index (χ4v) is 3.13. The van der Waals surface area contributed by atoms with Crippen LogP contribution < -0.4 is 10.2 Å². The Balaban J connectivity index is 2.04. The van der Waals surface area contributed by atoms with Crippen LogP contribution >= 0.6 is 11.6 Å². The molecule has 2 aromatic rings. The van der Waals surface area contributed by atoms with Gasteiger partial charge in [0.1, 0.15) is 11.8 Å². The van der Waals surface area contributed by atoms with E-state index in [1.807, 2.05) is 0 Å². The Kier molecular flexibility index (Phi) is 4.73. The number of nitrogens with zero attached hydrogens (tertiary/aromatic N) is 2. The quantitative estimate of drug-likeness (QED) is 0.791. The summed E-state index contributed by atoms with van der Waals surface area (Å²) in [5.74, 6) is -0.240.